The molecule has 0 N–H and O–H groups in total. The molecular formula is C4H8N3S-. The second kappa shape index (κ2) is 1.78. The molecule has 0 saturated heterocycles. The first-order valence-corrected chi connectivity index (χ1v) is 2.79. The van der Waals surface area contributed by atoms with Crippen LogP contribution in [0.1, 0.15) is 0 Å². The summed E-state index contributed by atoms with van der Waals surface area (Å²) in [5, 5.41) is 6.44. The van der Waals surface area contributed by atoms with Gasteiger partial charge in [0.1, 0.15) is 6.67 Å². The summed E-state index contributed by atoms with van der Waals surface area (Å²) in [6.45, 7) is 0.818. The molecule has 0 aromatic rings. The molecule has 0 aromatic carbocycles. The second-order valence-electron chi connectivity index (χ2n) is 1.88. The molecular weight excluding hydrogens is 122 g/mol. The Morgan fingerprint density at radius 2 is 2.25 bits per heavy atom. The van der Waals surface area contributed by atoms with Gasteiger partial charge in [-0.05, 0) is 0 Å². The zero-order valence-corrected chi connectivity index (χ0v) is 5.77. The molecule has 1 aliphatic rings. The Balaban J connectivity index is 2.59. The third kappa shape index (κ3) is 0.838. The maximum absolute atomic E-state index is 4.84. The smallest absolute Gasteiger partial charge is 0.106 e. The SMILES string of the molecule is CN1CN(C)C([S-])=N1. The van der Waals surface area contributed by atoms with Crippen LogP contribution in [0.5, 0.6) is 0 Å². The van der Waals surface area contributed by atoms with Gasteiger partial charge < -0.3 is 17.5 Å². The average Bonchev–Trinajstić information content (AvgIpc) is 1.85. The number of amidine groups is 1. The second-order valence-corrected chi connectivity index (χ2v) is 2.24. The van der Waals surface area contributed by atoms with E-state index in [0.29, 0.717) is 5.17 Å². The molecule has 0 radical (unpaired) electrons. The fourth-order valence-corrected chi connectivity index (χ4v) is 0.819. The van der Waals surface area contributed by atoms with Crippen molar-refractivity contribution in [1.29, 1.82) is 0 Å². The Hall–Kier alpha value is -0.510. The summed E-state index contributed by atoms with van der Waals surface area (Å²) in [6, 6.07) is 0. The van der Waals surface area contributed by atoms with Crippen molar-refractivity contribution < 1.29 is 0 Å². The van der Waals surface area contributed by atoms with Crippen LogP contribution in [-0.2, 0) is 12.6 Å². The van der Waals surface area contributed by atoms with Crippen LogP contribution in [-0.4, -0.2) is 35.8 Å². The third-order valence-corrected chi connectivity index (χ3v) is 1.39. The van der Waals surface area contributed by atoms with Crippen LogP contribution < -0.4 is 0 Å². The van der Waals surface area contributed by atoms with E-state index in [1.165, 1.54) is 0 Å². The molecule has 0 amide bonds. The number of hydrogen-bond acceptors (Lipinski definition) is 4. The molecule has 46 valence electrons. The Bertz CT molecular complexity index is 122. The fraction of sp³-hybridized carbons (Fsp3) is 0.750. The van der Waals surface area contributed by atoms with E-state index in [1.54, 1.807) is 0 Å². The van der Waals surface area contributed by atoms with Gasteiger partial charge in [-0.3, -0.25) is 5.01 Å². The van der Waals surface area contributed by atoms with Gasteiger partial charge in [0.2, 0.25) is 0 Å². The van der Waals surface area contributed by atoms with Crippen LogP contribution in [0.15, 0.2) is 5.10 Å². The molecule has 0 unspecified atom stereocenters. The highest BCUT2D eigenvalue weighted by Crippen LogP contribution is 1.99. The number of hydrogen-bond donors (Lipinski definition) is 0. The lowest BCUT2D eigenvalue weighted by atomic mass is 10.9. The lowest BCUT2D eigenvalue weighted by molar-refractivity contribution is 0.303. The van der Waals surface area contributed by atoms with E-state index in [2.05, 4.69) is 5.10 Å². The molecule has 8 heavy (non-hydrogen) atoms. The number of hydrazone groups is 1. The third-order valence-electron chi connectivity index (χ3n) is 1.000. The highest BCUT2D eigenvalue weighted by atomic mass is 32.1. The fourth-order valence-electron chi connectivity index (χ4n) is 0.621. The molecule has 1 rings (SSSR count). The van der Waals surface area contributed by atoms with Crippen LogP contribution in [0, 0.1) is 0 Å². The Kier molecular flexibility index (Phi) is 1.25. The Morgan fingerprint density at radius 1 is 1.62 bits per heavy atom. The number of rotatable bonds is 0. The van der Waals surface area contributed by atoms with Crippen molar-refractivity contribution >= 4 is 17.8 Å². The van der Waals surface area contributed by atoms with Gasteiger partial charge in [-0.1, -0.05) is 0 Å². The van der Waals surface area contributed by atoms with E-state index in [1.807, 2.05) is 24.0 Å². The van der Waals surface area contributed by atoms with Crippen molar-refractivity contribution in [2.75, 3.05) is 20.8 Å². The largest absolute Gasteiger partial charge is 0.741 e. The van der Waals surface area contributed by atoms with Gasteiger partial charge in [-0.2, -0.15) is 5.10 Å². The van der Waals surface area contributed by atoms with Gasteiger partial charge in [-0.25, -0.2) is 0 Å². The molecule has 0 bridgehead atoms. The molecule has 1 heterocycles. The van der Waals surface area contributed by atoms with Crippen LogP contribution in [0.25, 0.3) is 0 Å². The minimum Gasteiger partial charge on any atom is -0.741 e. The van der Waals surface area contributed by atoms with Crippen molar-refractivity contribution in [3.63, 3.8) is 0 Å². The summed E-state index contributed by atoms with van der Waals surface area (Å²) in [4.78, 5) is 1.91. The molecule has 0 fully saturated rings. The van der Waals surface area contributed by atoms with Gasteiger partial charge in [0.15, 0.2) is 0 Å². The molecule has 0 atom stereocenters. The first-order chi connectivity index (χ1) is 3.70. The molecule has 4 heteroatoms. The average molecular weight is 130 g/mol. The van der Waals surface area contributed by atoms with E-state index in [9.17, 15) is 0 Å². The van der Waals surface area contributed by atoms with Gasteiger partial charge in [0.25, 0.3) is 0 Å². The predicted molar refractivity (Wildman–Crippen MR) is 35.2 cm³/mol. The molecule has 0 aromatic heterocycles. The normalized spacial score (nSPS) is 19.5. The zero-order valence-electron chi connectivity index (χ0n) is 4.96. The van der Waals surface area contributed by atoms with E-state index < -0.39 is 0 Å². The monoisotopic (exact) mass is 130 g/mol. The van der Waals surface area contributed by atoms with E-state index >= 15 is 0 Å². The molecule has 1 aliphatic heterocycles. The van der Waals surface area contributed by atoms with E-state index in [4.69, 9.17) is 12.6 Å². The lowest BCUT2D eigenvalue weighted by Gasteiger charge is -2.16. The first-order valence-electron chi connectivity index (χ1n) is 2.38. The summed E-state index contributed by atoms with van der Waals surface area (Å²) >= 11 is 4.84. The zero-order chi connectivity index (χ0) is 6.15. The maximum atomic E-state index is 4.84. The summed E-state index contributed by atoms with van der Waals surface area (Å²) in [5.41, 5.74) is 0. The Morgan fingerprint density at radius 3 is 2.38 bits per heavy atom. The van der Waals surface area contributed by atoms with Crippen molar-refractivity contribution in [3.8, 4) is 0 Å². The number of nitrogens with zero attached hydrogens (tertiary/aromatic N) is 3. The highest BCUT2D eigenvalue weighted by molar-refractivity contribution is 7.77. The summed E-state index contributed by atoms with van der Waals surface area (Å²) in [6.07, 6.45) is 0. The molecule has 3 nitrogen and oxygen atoms in total. The topological polar surface area (TPSA) is 18.8 Å². The van der Waals surface area contributed by atoms with Crippen molar-refractivity contribution in [3.05, 3.63) is 0 Å². The quantitative estimate of drug-likeness (QED) is 0.417. The van der Waals surface area contributed by atoms with Gasteiger partial charge in [0.05, 0.1) is 0 Å². The van der Waals surface area contributed by atoms with Crippen LogP contribution >= 0.6 is 0 Å². The van der Waals surface area contributed by atoms with Crippen molar-refractivity contribution in [2.24, 2.45) is 5.10 Å². The molecule has 0 saturated carbocycles. The summed E-state index contributed by atoms with van der Waals surface area (Å²) in [5.74, 6) is 0. The predicted octanol–water partition coefficient (Wildman–Crippen LogP) is -0.361. The van der Waals surface area contributed by atoms with Crippen LogP contribution in [0.3, 0.4) is 0 Å². The van der Waals surface area contributed by atoms with Crippen molar-refractivity contribution in [1.82, 2.24) is 9.91 Å². The van der Waals surface area contributed by atoms with Crippen LogP contribution in [0.2, 0.25) is 0 Å². The van der Waals surface area contributed by atoms with E-state index in [0.717, 1.165) is 6.67 Å². The highest BCUT2D eigenvalue weighted by Gasteiger charge is 2.04. The minimum absolute atomic E-state index is 0.674. The van der Waals surface area contributed by atoms with Gasteiger partial charge >= 0.3 is 0 Å². The van der Waals surface area contributed by atoms with Crippen LogP contribution in [0.4, 0.5) is 0 Å². The molecule has 0 spiro atoms. The maximum Gasteiger partial charge on any atom is 0.106 e. The summed E-state index contributed by atoms with van der Waals surface area (Å²) < 4.78 is 0. The van der Waals surface area contributed by atoms with Gasteiger partial charge in [-0.15, -0.1) is 0 Å². The van der Waals surface area contributed by atoms with E-state index in [-0.39, 0.29) is 0 Å². The molecule has 0 aliphatic carbocycles. The first kappa shape index (κ1) is 5.62. The van der Waals surface area contributed by atoms with Crippen molar-refractivity contribution in [2.45, 2.75) is 0 Å². The van der Waals surface area contributed by atoms with Gasteiger partial charge in [0, 0.05) is 19.3 Å². The summed E-state index contributed by atoms with van der Waals surface area (Å²) in [7, 11) is 3.82. The standard InChI is InChI=1S/C4H9N3S/c1-6-3-7(2)5-4(6)8/h3H2,1-2H3,(H,5,8)/p-1. The Labute approximate surface area is 54.4 Å². The lowest BCUT2D eigenvalue weighted by Crippen LogP contribution is -2.23. The minimum atomic E-state index is 0.674.